The first-order chi connectivity index (χ1) is 19.1. The van der Waals surface area contributed by atoms with Crippen molar-refractivity contribution in [2.75, 3.05) is 18.8 Å². The van der Waals surface area contributed by atoms with Crippen LogP contribution < -0.4 is 16.6 Å². The van der Waals surface area contributed by atoms with Gasteiger partial charge in [-0.15, -0.1) is 0 Å². The Morgan fingerprint density at radius 2 is 1.88 bits per heavy atom. The number of likely N-dealkylation sites (tertiary alicyclic amines) is 1. The number of nitrogens with two attached hydrogens (primary N) is 1. The SMILES string of the molecule is CC(C)(C)OC(=O)N1CCCC(CC(NC(=O)OCc2ccccc2)c2cc(-c3ccc(N)cc3)c(=O)[nH]n2)C1. The number of aromatic amines is 1. The number of amides is 2. The van der Waals surface area contributed by atoms with E-state index in [2.05, 4.69) is 15.5 Å². The van der Waals surface area contributed by atoms with Crippen molar-refractivity contribution in [3.8, 4) is 11.1 Å². The van der Waals surface area contributed by atoms with Crippen LogP contribution in [0.5, 0.6) is 0 Å². The molecule has 0 radical (unpaired) electrons. The Bertz CT molecular complexity index is 1350. The Morgan fingerprint density at radius 3 is 2.58 bits per heavy atom. The number of nitrogens with one attached hydrogen (secondary N) is 2. The maximum absolute atomic E-state index is 12.9. The topological polar surface area (TPSA) is 140 Å². The molecule has 2 aromatic carbocycles. The van der Waals surface area contributed by atoms with Gasteiger partial charge < -0.3 is 25.4 Å². The quantitative estimate of drug-likeness (QED) is 0.353. The first-order valence-electron chi connectivity index (χ1n) is 13.5. The molecular formula is C30H37N5O5. The van der Waals surface area contributed by atoms with Gasteiger partial charge in [-0.1, -0.05) is 42.5 Å². The molecule has 212 valence electrons. The molecule has 0 bridgehead atoms. The summed E-state index contributed by atoms with van der Waals surface area (Å²) >= 11 is 0. The summed E-state index contributed by atoms with van der Waals surface area (Å²) in [6, 6.07) is 17.5. The number of hydrogen-bond donors (Lipinski definition) is 3. The molecule has 1 aliphatic rings. The summed E-state index contributed by atoms with van der Waals surface area (Å²) in [4.78, 5) is 40.0. The lowest BCUT2D eigenvalue weighted by atomic mass is 9.90. The summed E-state index contributed by atoms with van der Waals surface area (Å²) in [6.45, 7) is 6.74. The molecule has 1 saturated heterocycles. The van der Waals surface area contributed by atoms with Gasteiger partial charge in [0, 0.05) is 18.8 Å². The molecule has 2 heterocycles. The van der Waals surface area contributed by atoms with E-state index in [1.807, 2.05) is 51.1 Å². The van der Waals surface area contributed by atoms with Crippen molar-refractivity contribution in [1.29, 1.82) is 0 Å². The number of benzene rings is 2. The van der Waals surface area contributed by atoms with Crippen LogP contribution in [-0.4, -0.2) is 46.0 Å². The lowest BCUT2D eigenvalue weighted by molar-refractivity contribution is 0.0155. The van der Waals surface area contributed by atoms with E-state index in [9.17, 15) is 14.4 Å². The fourth-order valence-corrected chi connectivity index (χ4v) is 4.72. The number of carbonyl (C=O) groups is 2. The van der Waals surface area contributed by atoms with Gasteiger partial charge in [0.2, 0.25) is 0 Å². The van der Waals surface area contributed by atoms with Gasteiger partial charge in [-0.05, 0) is 75.3 Å². The molecule has 10 heteroatoms. The van der Waals surface area contributed by atoms with Crippen molar-refractivity contribution < 1.29 is 19.1 Å². The van der Waals surface area contributed by atoms with Crippen molar-refractivity contribution in [3.63, 3.8) is 0 Å². The van der Waals surface area contributed by atoms with E-state index in [-0.39, 0.29) is 24.2 Å². The average molecular weight is 548 g/mol. The minimum atomic E-state index is -0.601. The smallest absolute Gasteiger partial charge is 0.410 e. The monoisotopic (exact) mass is 547 g/mol. The lowest BCUT2D eigenvalue weighted by Gasteiger charge is -2.35. The third-order valence-electron chi connectivity index (χ3n) is 6.65. The molecule has 2 atom stereocenters. The van der Waals surface area contributed by atoms with Crippen LogP contribution in [-0.2, 0) is 16.1 Å². The molecule has 3 aromatic rings. The fraction of sp³-hybridized carbons (Fsp3) is 0.400. The number of ether oxygens (including phenoxy) is 2. The van der Waals surface area contributed by atoms with Gasteiger partial charge in [0.05, 0.1) is 17.3 Å². The number of H-pyrrole nitrogens is 1. The van der Waals surface area contributed by atoms with E-state index < -0.39 is 17.7 Å². The van der Waals surface area contributed by atoms with Gasteiger partial charge in [0.15, 0.2) is 0 Å². The van der Waals surface area contributed by atoms with Crippen LogP contribution in [0.1, 0.15) is 57.3 Å². The van der Waals surface area contributed by atoms with Crippen LogP contribution in [0, 0.1) is 5.92 Å². The van der Waals surface area contributed by atoms with Gasteiger partial charge in [-0.2, -0.15) is 5.10 Å². The van der Waals surface area contributed by atoms with Gasteiger partial charge in [-0.25, -0.2) is 14.7 Å². The fourth-order valence-electron chi connectivity index (χ4n) is 4.72. The molecule has 0 saturated carbocycles. The Hall–Kier alpha value is -4.34. The van der Waals surface area contributed by atoms with Crippen LogP contribution in [0.3, 0.4) is 0 Å². The minimum Gasteiger partial charge on any atom is -0.445 e. The third kappa shape index (κ3) is 8.08. The van der Waals surface area contributed by atoms with Gasteiger partial charge in [0.1, 0.15) is 12.2 Å². The molecule has 10 nitrogen and oxygen atoms in total. The van der Waals surface area contributed by atoms with Crippen LogP contribution >= 0.6 is 0 Å². The first kappa shape index (κ1) is 28.7. The van der Waals surface area contributed by atoms with Gasteiger partial charge >= 0.3 is 12.2 Å². The van der Waals surface area contributed by atoms with Crippen LogP contribution in [0.15, 0.2) is 65.5 Å². The van der Waals surface area contributed by atoms with E-state index in [1.165, 1.54) is 0 Å². The van der Waals surface area contributed by atoms with E-state index in [0.29, 0.717) is 42.0 Å². The number of aromatic nitrogens is 2. The Labute approximate surface area is 233 Å². The van der Waals surface area contributed by atoms with Crippen molar-refractivity contribution >= 4 is 17.9 Å². The number of carbonyl (C=O) groups excluding carboxylic acids is 2. The number of hydrogen-bond acceptors (Lipinski definition) is 7. The zero-order chi connectivity index (χ0) is 28.7. The highest BCUT2D eigenvalue weighted by atomic mass is 16.6. The molecule has 2 amide bonds. The number of nitrogens with zero attached hydrogens (tertiary/aromatic N) is 2. The van der Waals surface area contributed by atoms with E-state index in [4.69, 9.17) is 15.2 Å². The Morgan fingerprint density at radius 1 is 1.15 bits per heavy atom. The molecule has 1 fully saturated rings. The van der Waals surface area contributed by atoms with Crippen molar-refractivity contribution in [3.05, 3.63) is 82.3 Å². The summed E-state index contributed by atoms with van der Waals surface area (Å²) < 4.78 is 11.1. The second kappa shape index (κ2) is 12.7. The number of anilines is 1. The maximum Gasteiger partial charge on any atom is 0.410 e. The summed E-state index contributed by atoms with van der Waals surface area (Å²) in [6.07, 6.45) is 1.21. The predicted octanol–water partition coefficient (Wildman–Crippen LogP) is 5.02. The third-order valence-corrected chi connectivity index (χ3v) is 6.65. The van der Waals surface area contributed by atoms with Gasteiger partial charge in [0.25, 0.3) is 5.56 Å². The Kier molecular flexibility index (Phi) is 9.08. The lowest BCUT2D eigenvalue weighted by Crippen LogP contribution is -2.44. The molecule has 0 aliphatic carbocycles. The van der Waals surface area contributed by atoms with E-state index in [0.717, 1.165) is 18.4 Å². The molecule has 1 aromatic heterocycles. The summed E-state index contributed by atoms with van der Waals surface area (Å²) in [5.41, 5.74) is 7.90. The summed E-state index contributed by atoms with van der Waals surface area (Å²) in [5.74, 6) is 0.0643. The van der Waals surface area contributed by atoms with E-state index >= 15 is 0 Å². The highest BCUT2D eigenvalue weighted by Crippen LogP contribution is 2.29. The van der Waals surface area contributed by atoms with Gasteiger partial charge in [-0.3, -0.25) is 4.79 Å². The molecular weight excluding hydrogens is 510 g/mol. The predicted molar refractivity (Wildman–Crippen MR) is 152 cm³/mol. The second-order valence-corrected chi connectivity index (χ2v) is 11.1. The molecule has 4 rings (SSSR count). The second-order valence-electron chi connectivity index (χ2n) is 11.1. The standard InChI is InChI=1S/C30H37N5O5/c1-30(2,3)40-29(38)35-15-7-10-21(18-35)16-25(32-28(37)39-19-20-8-5-4-6-9-20)26-17-24(27(36)34-33-26)22-11-13-23(31)14-12-22/h4-6,8-9,11-14,17,21,25H,7,10,15-16,18-19,31H2,1-3H3,(H,32,37)(H,34,36). The summed E-state index contributed by atoms with van der Waals surface area (Å²) in [7, 11) is 0. The van der Waals surface area contributed by atoms with Crippen molar-refractivity contribution in [2.45, 2.75) is 58.3 Å². The highest BCUT2D eigenvalue weighted by Gasteiger charge is 2.31. The number of rotatable bonds is 7. The van der Waals surface area contributed by atoms with Crippen LogP contribution in [0.2, 0.25) is 0 Å². The zero-order valence-electron chi connectivity index (χ0n) is 23.2. The van der Waals surface area contributed by atoms with Crippen LogP contribution in [0.25, 0.3) is 11.1 Å². The molecule has 2 unspecified atom stereocenters. The zero-order valence-corrected chi connectivity index (χ0v) is 23.2. The van der Waals surface area contributed by atoms with Crippen LogP contribution in [0.4, 0.5) is 15.3 Å². The highest BCUT2D eigenvalue weighted by molar-refractivity contribution is 5.69. The largest absolute Gasteiger partial charge is 0.445 e. The van der Waals surface area contributed by atoms with E-state index in [1.54, 1.807) is 35.2 Å². The number of piperidine rings is 1. The van der Waals surface area contributed by atoms with Crippen molar-refractivity contribution in [1.82, 2.24) is 20.4 Å². The normalized spacial score (nSPS) is 16.2. The molecule has 40 heavy (non-hydrogen) atoms. The Balaban J connectivity index is 1.55. The average Bonchev–Trinajstić information content (AvgIpc) is 2.92. The molecule has 1 aliphatic heterocycles. The summed E-state index contributed by atoms with van der Waals surface area (Å²) in [5, 5.41) is 9.79. The number of alkyl carbamates (subject to hydrolysis) is 1. The maximum atomic E-state index is 12.9. The minimum absolute atomic E-state index is 0.0643. The number of nitrogen functional groups attached to an aromatic ring is 1. The molecule has 4 N–H and O–H groups in total. The molecule has 0 spiro atoms. The van der Waals surface area contributed by atoms with Crippen molar-refractivity contribution in [2.24, 2.45) is 5.92 Å². The first-order valence-corrected chi connectivity index (χ1v) is 13.5.